The number of primary amides is 1. The van der Waals surface area contributed by atoms with Crippen molar-refractivity contribution in [3.05, 3.63) is 59.9 Å². The van der Waals surface area contributed by atoms with Gasteiger partial charge in [-0.1, -0.05) is 18.2 Å². The number of hydrogen-bond acceptors (Lipinski definition) is 5. The SMILES string of the molecule is NC(=O)c1cccc2c(NCc3ccc(O)cc3)ncnc12. The van der Waals surface area contributed by atoms with Gasteiger partial charge in [0.15, 0.2) is 0 Å². The predicted molar refractivity (Wildman–Crippen MR) is 83.5 cm³/mol. The number of nitrogens with two attached hydrogens (primary N) is 1. The third-order valence-corrected chi connectivity index (χ3v) is 3.33. The summed E-state index contributed by atoms with van der Waals surface area (Å²) in [7, 11) is 0. The molecule has 0 saturated carbocycles. The van der Waals surface area contributed by atoms with E-state index >= 15 is 0 Å². The lowest BCUT2D eigenvalue weighted by atomic mass is 10.1. The van der Waals surface area contributed by atoms with E-state index in [0.29, 0.717) is 23.4 Å². The van der Waals surface area contributed by atoms with Crippen molar-refractivity contribution in [1.82, 2.24) is 9.97 Å². The van der Waals surface area contributed by atoms with Gasteiger partial charge in [0.2, 0.25) is 0 Å². The number of nitrogens with zero attached hydrogens (tertiary/aromatic N) is 2. The summed E-state index contributed by atoms with van der Waals surface area (Å²) in [4.78, 5) is 19.8. The topological polar surface area (TPSA) is 101 Å². The maximum Gasteiger partial charge on any atom is 0.250 e. The normalized spacial score (nSPS) is 10.5. The number of hydrogen-bond donors (Lipinski definition) is 3. The highest BCUT2D eigenvalue weighted by atomic mass is 16.3. The standard InChI is InChI=1S/C16H14N4O2/c17-15(22)12-2-1-3-13-14(12)19-9-20-16(13)18-8-10-4-6-11(21)7-5-10/h1-7,9,21H,8H2,(H2,17,22)(H,18,19,20). The number of carbonyl (C=O) groups is 1. The van der Waals surface area contributed by atoms with E-state index in [0.717, 1.165) is 10.9 Å². The average Bonchev–Trinajstić information content (AvgIpc) is 2.53. The Balaban J connectivity index is 1.92. The number of amides is 1. The van der Waals surface area contributed by atoms with Crippen molar-refractivity contribution >= 4 is 22.6 Å². The van der Waals surface area contributed by atoms with Gasteiger partial charge in [-0.2, -0.15) is 0 Å². The number of rotatable bonds is 4. The summed E-state index contributed by atoms with van der Waals surface area (Å²) in [6, 6.07) is 12.1. The highest BCUT2D eigenvalue weighted by Gasteiger charge is 2.10. The van der Waals surface area contributed by atoms with Gasteiger partial charge in [0.25, 0.3) is 5.91 Å². The van der Waals surface area contributed by atoms with Crippen LogP contribution in [0.3, 0.4) is 0 Å². The number of aromatic nitrogens is 2. The zero-order valence-electron chi connectivity index (χ0n) is 11.7. The van der Waals surface area contributed by atoms with E-state index in [4.69, 9.17) is 5.73 Å². The Morgan fingerprint density at radius 2 is 1.91 bits per heavy atom. The van der Waals surface area contributed by atoms with Gasteiger partial charge in [0.1, 0.15) is 17.9 Å². The number of anilines is 1. The number of phenols is 1. The highest BCUT2D eigenvalue weighted by molar-refractivity contribution is 6.06. The molecule has 0 unspecified atom stereocenters. The summed E-state index contributed by atoms with van der Waals surface area (Å²) in [5.74, 6) is 0.331. The fraction of sp³-hybridized carbons (Fsp3) is 0.0625. The summed E-state index contributed by atoms with van der Waals surface area (Å²) < 4.78 is 0. The van der Waals surface area contributed by atoms with E-state index in [1.54, 1.807) is 24.3 Å². The number of fused-ring (bicyclic) bond motifs is 1. The van der Waals surface area contributed by atoms with Crippen LogP contribution in [0.2, 0.25) is 0 Å². The fourth-order valence-corrected chi connectivity index (χ4v) is 2.23. The molecule has 6 heteroatoms. The van der Waals surface area contributed by atoms with Crippen molar-refractivity contribution in [1.29, 1.82) is 0 Å². The summed E-state index contributed by atoms with van der Waals surface area (Å²) in [6.07, 6.45) is 1.40. The van der Waals surface area contributed by atoms with Crippen LogP contribution in [0.4, 0.5) is 5.82 Å². The van der Waals surface area contributed by atoms with Gasteiger partial charge in [-0.3, -0.25) is 4.79 Å². The number of benzene rings is 2. The Bertz CT molecular complexity index is 831. The van der Waals surface area contributed by atoms with Crippen LogP contribution in [0, 0.1) is 0 Å². The molecule has 6 nitrogen and oxygen atoms in total. The number of para-hydroxylation sites is 1. The molecule has 0 fully saturated rings. The molecule has 2 aromatic carbocycles. The minimum absolute atomic E-state index is 0.224. The minimum Gasteiger partial charge on any atom is -0.508 e. The Kier molecular flexibility index (Phi) is 3.57. The van der Waals surface area contributed by atoms with Gasteiger partial charge in [-0.05, 0) is 29.8 Å². The van der Waals surface area contributed by atoms with Crippen LogP contribution in [-0.4, -0.2) is 21.0 Å². The summed E-state index contributed by atoms with van der Waals surface area (Å²) in [6.45, 7) is 0.535. The van der Waals surface area contributed by atoms with Gasteiger partial charge >= 0.3 is 0 Å². The van der Waals surface area contributed by atoms with E-state index in [-0.39, 0.29) is 5.75 Å². The monoisotopic (exact) mass is 294 g/mol. The quantitative estimate of drug-likeness (QED) is 0.683. The largest absolute Gasteiger partial charge is 0.508 e. The van der Waals surface area contributed by atoms with Crippen molar-refractivity contribution in [2.24, 2.45) is 5.73 Å². The van der Waals surface area contributed by atoms with Gasteiger partial charge in [-0.25, -0.2) is 9.97 Å². The Morgan fingerprint density at radius 1 is 1.14 bits per heavy atom. The van der Waals surface area contributed by atoms with Crippen LogP contribution in [-0.2, 0) is 6.54 Å². The lowest BCUT2D eigenvalue weighted by Crippen LogP contribution is -2.12. The molecule has 0 saturated heterocycles. The molecule has 3 rings (SSSR count). The van der Waals surface area contributed by atoms with E-state index < -0.39 is 5.91 Å². The van der Waals surface area contributed by atoms with Crippen molar-refractivity contribution in [3.8, 4) is 5.75 Å². The van der Waals surface area contributed by atoms with Gasteiger partial charge < -0.3 is 16.2 Å². The van der Waals surface area contributed by atoms with Crippen molar-refractivity contribution < 1.29 is 9.90 Å². The molecule has 0 aliphatic carbocycles. The van der Waals surface area contributed by atoms with E-state index in [1.807, 2.05) is 18.2 Å². The fourth-order valence-electron chi connectivity index (χ4n) is 2.23. The molecule has 0 aliphatic rings. The molecule has 22 heavy (non-hydrogen) atoms. The lowest BCUT2D eigenvalue weighted by molar-refractivity contribution is 0.100. The number of carbonyl (C=O) groups excluding carboxylic acids is 1. The minimum atomic E-state index is -0.520. The Morgan fingerprint density at radius 3 is 2.64 bits per heavy atom. The van der Waals surface area contributed by atoms with E-state index in [9.17, 15) is 9.90 Å². The third kappa shape index (κ3) is 2.67. The van der Waals surface area contributed by atoms with Crippen LogP contribution < -0.4 is 11.1 Å². The van der Waals surface area contributed by atoms with Crippen molar-refractivity contribution in [3.63, 3.8) is 0 Å². The van der Waals surface area contributed by atoms with Gasteiger partial charge in [0.05, 0.1) is 11.1 Å². The first-order valence-electron chi connectivity index (χ1n) is 6.70. The van der Waals surface area contributed by atoms with E-state index in [1.165, 1.54) is 6.33 Å². The first-order chi connectivity index (χ1) is 10.6. The van der Waals surface area contributed by atoms with Crippen LogP contribution >= 0.6 is 0 Å². The molecule has 0 aliphatic heterocycles. The van der Waals surface area contributed by atoms with E-state index in [2.05, 4.69) is 15.3 Å². The van der Waals surface area contributed by atoms with Crippen LogP contribution in [0.25, 0.3) is 10.9 Å². The average molecular weight is 294 g/mol. The van der Waals surface area contributed by atoms with Crippen LogP contribution in [0.15, 0.2) is 48.8 Å². The lowest BCUT2D eigenvalue weighted by Gasteiger charge is -2.09. The second-order valence-electron chi connectivity index (χ2n) is 4.81. The molecule has 0 spiro atoms. The molecule has 1 amide bonds. The maximum atomic E-state index is 11.5. The summed E-state index contributed by atoms with van der Waals surface area (Å²) in [5.41, 5.74) is 7.26. The first kappa shape index (κ1) is 13.8. The Hall–Kier alpha value is -3.15. The molecule has 3 aromatic rings. The molecular formula is C16H14N4O2. The second-order valence-corrected chi connectivity index (χ2v) is 4.81. The summed E-state index contributed by atoms with van der Waals surface area (Å²) in [5, 5.41) is 13.2. The Labute approximate surface area is 126 Å². The van der Waals surface area contributed by atoms with Gasteiger partial charge in [-0.15, -0.1) is 0 Å². The van der Waals surface area contributed by atoms with Crippen molar-refractivity contribution in [2.45, 2.75) is 6.54 Å². The second kappa shape index (κ2) is 5.69. The summed E-state index contributed by atoms with van der Waals surface area (Å²) >= 11 is 0. The molecular weight excluding hydrogens is 280 g/mol. The maximum absolute atomic E-state index is 11.5. The molecule has 110 valence electrons. The predicted octanol–water partition coefficient (Wildman–Crippen LogP) is 2.05. The third-order valence-electron chi connectivity index (χ3n) is 3.33. The van der Waals surface area contributed by atoms with Crippen LogP contribution in [0.5, 0.6) is 5.75 Å². The smallest absolute Gasteiger partial charge is 0.250 e. The molecule has 4 N–H and O–H groups in total. The van der Waals surface area contributed by atoms with Crippen LogP contribution in [0.1, 0.15) is 15.9 Å². The molecule has 0 bridgehead atoms. The zero-order valence-corrected chi connectivity index (χ0v) is 11.7. The van der Waals surface area contributed by atoms with Gasteiger partial charge in [0, 0.05) is 11.9 Å². The molecule has 0 atom stereocenters. The molecule has 0 radical (unpaired) electrons. The highest BCUT2D eigenvalue weighted by Crippen LogP contribution is 2.22. The molecule has 1 aromatic heterocycles. The van der Waals surface area contributed by atoms with Crippen molar-refractivity contribution in [2.75, 3.05) is 5.32 Å². The number of phenolic OH excluding ortho intramolecular Hbond substituents is 1. The number of nitrogens with one attached hydrogen (secondary N) is 1. The molecule has 1 heterocycles. The number of aromatic hydroxyl groups is 1. The first-order valence-corrected chi connectivity index (χ1v) is 6.70. The zero-order chi connectivity index (χ0) is 15.5.